The first-order valence-corrected chi connectivity index (χ1v) is 6.41. The predicted molar refractivity (Wildman–Crippen MR) is 70.8 cm³/mol. The Hall–Kier alpha value is -1.12. The van der Waals surface area contributed by atoms with Crippen LogP contribution in [0.15, 0.2) is 42.5 Å². The first-order valence-electron chi connectivity index (χ1n) is 5.59. The summed E-state index contributed by atoms with van der Waals surface area (Å²) >= 11 is 1.87. The van der Waals surface area contributed by atoms with E-state index in [1.807, 2.05) is 11.3 Å². The molecule has 2 aromatic rings. The summed E-state index contributed by atoms with van der Waals surface area (Å²) in [5, 5.41) is 3.54. The zero-order valence-electron chi connectivity index (χ0n) is 9.73. The van der Waals surface area contributed by atoms with E-state index in [0.717, 1.165) is 6.54 Å². The molecule has 1 heterocycles. The Bertz CT molecular complexity index is 433. The van der Waals surface area contributed by atoms with Crippen molar-refractivity contribution in [3.8, 4) is 0 Å². The molecular weight excluding hydrogens is 214 g/mol. The smallest absolute Gasteiger partial charge is 0.0388 e. The zero-order chi connectivity index (χ0) is 11.4. The zero-order valence-corrected chi connectivity index (χ0v) is 10.6. The van der Waals surface area contributed by atoms with E-state index < -0.39 is 0 Å². The van der Waals surface area contributed by atoms with Crippen molar-refractivity contribution < 1.29 is 0 Å². The number of hydrogen-bond acceptors (Lipinski definition) is 2. The molecule has 1 aromatic carbocycles. The Morgan fingerprint density at radius 3 is 2.50 bits per heavy atom. The maximum atomic E-state index is 3.54. The number of benzene rings is 1. The highest BCUT2D eigenvalue weighted by Gasteiger charge is 2.06. The molecule has 2 rings (SSSR count). The predicted octanol–water partition coefficient (Wildman–Crippen LogP) is 3.91. The number of aryl methyl sites for hydroxylation is 1. The third-order valence-electron chi connectivity index (χ3n) is 2.64. The molecule has 0 aliphatic heterocycles. The lowest BCUT2D eigenvalue weighted by atomic mass is 10.2. The summed E-state index contributed by atoms with van der Waals surface area (Å²) < 4.78 is 0. The van der Waals surface area contributed by atoms with Crippen LogP contribution in [0.5, 0.6) is 0 Å². The van der Waals surface area contributed by atoms with Crippen molar-refractivity contribution in [2.75, 3.05) is 0 Å². The van der Waals surface area contributed by atoms with E-state index in [1.165, 1.54) is 15.3 Å². The van der Waals surface area contributed by atoms with Crippen LogP contribution in [0.1, 0.15) is 28.3 Å². The quantitative estimate of drug-likeness (QED) is 0.841. The van der Waals surface area contributed by atoms with E-state index in [0.29, 0.717) is 6.04 Å². The molecule has 0 saturated carbocycles. The average Bonchev–Trinajstić information content (AvgIpc) is 2.74. The number of thiophene rings is 1. The molecule has 84 valence electrons. The van der Waals surface area contributed by atoms with Gasteiger partial charge in [-0.25, -0.2) is 0 Å². The molecule has 0 spiro atoms. The average molecular weight is 231 g/mol. The number of nitrogens with one attached hydrogen (secondary N) is 1. The van der Waals surface area contributed by atoms with Crippen LogP contribution in [-0.2, 0) is 6.54 Å². The van der Waals surface area contributed by atoms with Gasteiger partial charge in [0.05, 0.1) is 0 Å². The van der Waals surface area contributed by atoms with Gasteiger partial charge in [0.25, 0.3) is 0 Å². The van der Waals surface area contributed by atoms with Gasteiger partial charge in [-0.15, -0.1) is 11.3 Å². The summed E-state index contributed by atoms with van der Waals surface area (Å²) in [5.74, 6) is 0. The molecule has 1 unspecified atom stereocenters. The minimum Gasteiger partial charge on any atom is -0.305 e. The molecule has 1 N–H and O–H groups in total. The summed E-state index contributed by atoms with van der Waals surface area (Å²) in [7, 11) is 0. The van der Waals surface area contributed by atoms with E-state index in [9.17, 15) is 0 Å². The second-order valence-corrected chi connectivity index (χ2v) is 5.36. The Morgan fingerprint density at radius 2 is 1.88 bits per heavy atom. The first kappa shape index (κ1) is 11.4. The lowest BCUT2D eigenvalue weighted by Crippen LogP contribution is -2.16. The first-order chi connectivity index (χ1) is 7.75. The monoisotopic (exact) mass is 231 g/mol. The third-order valence-corrected chi connectivity index (χ3v) is 3.83. The molecule has 0 saturated heterocycles. The molecule has 2 heteroatoms. The second-order valence-electron chi connectivity index (χ2n) is 4.04. The van der Waals surface area contributed by atoms with Crippen LogP contribution >= 0.6 is 11.3 Å². The lowest BCUT2D eigenvalue weighted by Gasteiger charge is -2.11. The van der Waals surface area contributed by atoms with E-state index in [1.54, 1.807) is 0 Å². The van der Waals surface area contributed by atoms with Gasteiger partial charge < -0.3 is 5.32 Å². The van der Waals surface area contributed by atoms with Crippen molar-refractivity contribution in [2.45, 2.75) is 26.4 Å². The Balaban J connectivity index is 1.91. The molecule has 1 aromatic heterocycles. The van der Waals surface area contributed by atoms with Crippen LogP contribution in [0.2, 0.25) is 0 Å². The third kappa shape index (κ3) is 2.94. The molecule has 1 atom stereocenters. The van der Waals surface area contributed by atoms with E-state index in [2.05, 4.69) is 61.6 Å². The van der Waals surface area contributed by atoms with Crippen molar-refractivity contribution in [1.29, 1.82) is 0 Å². The van der Waals surface area contributed by atoms with Crippen molar-refractivity contribution in [1.82, 2.24) is 5.32 Å². The number of rotatable bonds is 4. The number of hydrogen-bond donors (Lipinski definition) is 1. The van der Waals surface area contributed by atoms with Crippen LogP contribution in [-0.4, -0.2) is 0 Å². The van der Waals surface area contributed by atoms with Crippen molar-refractivity contribution in [2.24, 2.45) is 0 Å². The van der Waals surface area contributed by atoms with Gasteiger partial charge in [0.15, 0.2) is 0 Å². The van der Waals surface area contributed by atoms with Gasteiger partial charge >= 0.3 is 0 Å². The highest BCUT2D eigenvalue weighted by atomic mass is 32.1. The van der Waals surface area contributed by atoms with Crippen LogP contribution < -0.4 is 5.32 Å². The van der Waals surface area contributed by atoms with E-state index >= 15 is 0 Å². The fourth-order valence-electron chi connectivity index (χ4n) is 1.65. The van der Waals surface area contributed by atoms with Crippen LogP contribution in [0.4, 0.5) is 0 Å². The second kappa shape index (κ2) is 5.28. The normalized spacial score (nSPS) is 12.6. The van der Waals surface area contributed by atoms with E-state index in [4.69, 9.17) is 0 Å². The fraction of sp³-hybridized carbons (Fsp3) is 0.286. The summed E-state index contributed by atoms with van der Waals surface area (Å²) in [6.45, 7) is 5.30. The molecule has 1 nitrogen and oxygen atoms in total. The largest absolute Gasteiger partial charge is 0.305 e. The molecule has 0 bridgehead atoms. The Kier molecular flexibility index (Phi) is 3.75. The highest BCUT2D eigenvalue weighted by Crippen LogP contribution is 2.22. The van der Waals surface area contributed by atoms with Gasteiger partial charge in [-0.2, -0.15) is 0 Å². The molecule has 0 aliphatic carbocycles. The molecular formula is C14H17NS. The van der Waals surface area contributed by atoms with Crippen LogP contribution in [0.3, 0.4) is 0 Å². The molecule has 0 aliphatic rings. The van der Waals surface area contributed by atoms with E-state index in [-0.39, 0.29) is 0 Å². The van der Waals surface area contributed by atoms with Gasteiger partial charge in [0, 0.05) is 22.3 Å². The lowest BCUT2D eigenvalue weighted by molar-refractivity contribution is 0.583. The maximum absolute atomic E-state index is 3.54. The van der Waals surface area contributed by atoms with Gasteiger partial charge in [0.1, 0.15) is 0 Å². The van der Waals surface area contributed by atoms with Gasteiger partial charge in [0.2, 0.25) is 0 Å². The van der Waals surface area contributed by atoms with Gasteiger partial charge in [-0.1, -0.05) is 30.3 Å². The molecule has 0 amide bonds. The molecule has 0 fully saturated rings. The topological polar surface area (TPSA) is 12.0 Å². The summed E-state index contributed by atoms with van der Waals surface area (Å²) in [4.78, 5) is 2.79. The van der Waals surface area contributed by atoms with Crippen molar-refractivity contribution in [3.05, 3.63) is 57.8 Å². The Morgan fingerprint density at radius 1 is 1.12 bits per heavy atom. The van der Waals surface area contributed by atoms with Gasteiger partial charge in [-0.3, -0.25) is 0 Å². The van der Waals surface area contributed by atoms with Crippen LogP contribution in [0.25, 0.3) is 0 Å². The fourth-order valence-corrected chi connectivity index (χ4v) is 2.56. The molecule has 0 radical (unpaired) electrons. The highest BCUT2D eigenvalue weighted by molar-refractivity contribution is 7.12. The standard InChI is InChI=1S/C14H17NS/c1-11-8-9-14(16-11)12(2)15-10-13-6-4-3-5-7-13/h3-9,12,15H,10H2,1-2H3. The van der Waals surface area contributed by atoms with Crippen LogP contribution in [0, 0.1) is 6.92 Å². The molecule has 16 heavy (non-hydrogen) atoms. The summed E-state index contributed by atoms with van der Waals surface area (Å²) in [5.41, 5.74) is 1.34. The maximum Gasteiger partial charge on any atom is 0.0388 e. The minimum absolute atomic E-state index is 0.430. The van der Waals surface area contributed by atoms with Gasteiger partial charge in [-0.05, 0) is 31.5 Å². The minimum atomic E-state index is 0.430. The van der Waals surface area contributed by atoms with Crippen molar-refractivity contribution in [3.63, 3.8) is 0 Å². The SMILES string of the molecule is Cc1ccc(C(C)NCc2ccccc2)s1. The Labute approximate surface area is 101 Å². The summed E-state index contributed by atoms with van der Waals surface area (Å²) in [6, 6.07) is 15.3. The van der Waals surface area contributed by atoms with Crippen molar-refractivity contribution >= 4 is 11.3 Å². The summed E-state index contributed by atoms with van der Waals surface area (Å²) in [6.07, 6.45) is 0.